The molecule has 2 aromatic rings. The van der Waals surface area contributed by atoms with Crippen LogP contribution in [0.1, 0.15) is 43.9 Å². The van der Waals surface area contributed by atoms with Gasteiger partial charge in [0.25, 0.3) is 0 Å². The first-order chi connectivity index (χ1) is 13.9. The highest BCUT2D eigenvalue weighted by atomic mass is 35.5. The lowest BCUT2D eigenvalue weighted by molar-refractivity contribution is -0.140. The van der Waals surface area contributed by atoms with Crippen LogP contribution in [0.25, 0.3) is 0 Å². The van der Waals surface area contributed by atoms with Crippen molar-refractivity contribution in [3.8, 4) is 0 Å². The first-order valence-electron chi connectivity index (χ1n) is 9.95. The van der Waals surface area contributed by atoms with Crippen LogP contribution in [0.2, 0.25) is 10.0 Å². The summed E-state index contributed by atoms with van der Waals surface area (Å²) in [5.41, 5.74) is 3.00. The molecule has 2 aromatic carbocycles. The van der Waals surface area contributed by atoms with Crippen LogP contribution in [-0.4, -0.2) is 29.3 Å². The van der Waals surface area contributed by atoms with Crippen LogP contribution >= 0.6 is 23.2 Å². The summed E-state index contributed by atoms with van der Waals surface area (Å²) in [5.74, 6) is -0.310. The molecule has 0 unspecified atom stereocenters. The van der Waals surface area contributed by atoms with Gasteiger partial charge in [0, 0.05) is 35.1 Å². The van der Waals surface area contributed by atoms with Crippen LogP contribution in [0.3, 0.4) is 0 Å². The van der Waals surface area contributed by atoms with Gasteiger partial charge >= 0.3 is 0 Å². The highest BCUT2D eigenvalue weighted by Crippen LogP contribution is 2.27. The Hall–Kier alpha value is -2.04. The molecular formula is C23H28Cl2N2O2. The molecule has 0 aromatic heterocycles. The molecule has 0 aliphatic heterocycles. The molecule has 0 spiro atoms. The second kappa shape index (κ2) is 11.2. The molecule has 0 bridgehead atoms. The summed E-state index contributed by atoms with van der Waals surface area (Å²) in [7, 11) is 0. The average molecular weight is 435 g/mol. The van der Waals surface area contributed by atoms with Crippen LogP contribution < -0.4 is 5.32 Å². The molecule has 0 saturated heterocycles. The zero-order chi connectivity index (χ0) is 21.4. The fourth-order valence-corrected chi connectivity index (χ4v) is 3.61. The second-order valence-corrected chi connectivity index (χ2v) is 7.78. The summed E-state index contributed by atoms with van der Waals surface area (Å²) < 4.78 is 0. The first kappa shape index (κ1) is 23.2. The van der Waals surface area contributed by atoms with Gasteiger partial charge in [0.15, 0.2) is 0 Å². The number of hydrogen-bond donors (Lipinski definition) is 1. The minimum absolute atomic E-state index is 0.112. The molecule has 156 valence electrons. The quantitative estimate of drug-likeness (QED) is 0.600. The monoisotopic (exact) mass is 434 g/mol. The van der Waals surface area contributed by atoms with Crippen LogP contribution in [0.15, 0.2) is 42.5 Å². The normalized spacial score (nSPS) is 11.8. The SMILES string of the molecule is CCNC(=O)[C@@H](C)N(Cc1c(Cl)cccc1Cl)C(=O)CCc1ccc(CC)cc1. The molecule has 6 heteroatoms. The first-order valence-corrected chi connectivity index (χ1v) is 10.7. The number of likely N-dealkylation sites (N-methyl/N-ethyl adjacent to an activating group) is 1. The Morgan fingerprint density at radius 3 is 2.14 bits per heavy atom. The minimum Gasteiger partial charge on any atom is -0.355 e. The van der Waals surface area contributed by atoms with Gasteiger partial charge in [0.05, 0.1) is 0 Å². The lowest BCUT2D eigenvalue weighted by atomic mass is 10.0. The van der Waals surface area contributed by atoms with Crippen molar-refractivity contribution in [1.29, 1.82) is 0 Å². The third-order valence-corrected chi connectivity index (χ3v) is 5.68. The van der Waals surface area contributed by atoms with E-state index in [-0.39, 0.29) is 18.4 Å². The van der Waals surface area contributed by atoms with Crippen LogP contribution in [0.5, 0.6) is 0 Å². The Kier molecular flexibility index (Phi) is 8.99. The summed E-state index contributed by atoms with van der Waals surface area (Å²) in [6, 6.07) is 12.9. The minimum atomic E-state index is -0.628. The summed E-state index contributed by atoms with van der Waals surface area (Å²) in [6.07, 6.45) is 1.89. The Bertz CT molecular complexity index is 817. The molecule has 1 N–H and O–H groups in total. The molecule has 1 atom stereocenters. The molecule has 0 aliphatic carbocycles. The standard InChI is InChI=1S/C23H28Cl2N2O2/c1-4-17-9-11-18(12-10-17)13-14-22(28)27(16(3)23(29)26-5-2)15-19-20(24)7-6-8-21(19)25/h6-12,16H,4-5,13-15H2,1-3H3,(H,26,29)/t16-/m1/s1. The average Bonchev–Trinajstić information content (AvgIpc) is 2.72. The maximum Gasteiger partial charge on any atom is 0.242 e. The number of nitrogens with one attached hydrogen (secondary N) is 1. The topological polar surface area (TPSA) is 49.4 Å². The predicted molar refractivity (Wildman–Crippen MR) is 119 cm³/mol. The zero-order valence-corrected chi connectivity index (χ0v) is 18.7. The number of carbonyl (C=O) groups is 2. The van der Waals surface area contributed by atoms with Crippen molar-refractivity contribution in [2.24, 2.45) is 0 Å². The van der Waals surface area contributed by atoms with Crippen molar-refractivity contribution in [3.05, 3.63) is 69.2 Å². The van der Waals surface area contributed by atoms with E-state index in [4.69, 9.17) is 23.2 Å². The van der Waals surface area contributed by atoms with Crippen molar-refractivity contribution in [2.45, 2.75) is 52.6 Å². The molecule has 2 amide bonds. The van der Waals surface area contributed by atoms with Crippen LogP contribution in [-0.2, 0) is 29.0 Å². The zero-order valence-electron chi connectivity index (χ0n) is 17.2. The number of amides is 2. The van der Waals surface area contributed by atoms with Gasteiger partial charge < -0.3 is 10.2 Å². The highest BCUT2D eigenvalue weighted by Gasteiger charge is 2.26. The Morgan fingerprint density at radius 2 is 1.59 bits per heavy atom. The van der Waals surface area contributed by atoms with Crippen molar-refractivity contribution in [1.82, 2.24) is 10.2 Å². The summed E-state index contributed by atoms with van der Waals surface area (Å²) >= 11 is 12.6. The molecule has 0 radical (unpaired) electrons. The number of rotatable bonds is 9. The third-order valence-electron chi connectivity index (χ3n) is 4.97. The number of aryl methyl sites for hydroxylation is 2. The molecule has 0 fully saturated rings. The largest absolute Gasteiger partial charge is 0.355 e. The van der Waals surface area contributed by atoms with Gasteiger partial charge in [-0.05, 0) is 49.9 Å². The van der Waals surface area contributed by atoms with E-state index in [9.17, 15) is 9.59 Å². The lowest BCUT2D eigenvalue weighted by Gasteiger charge is -2.29. The smallest absolute Gasteiger partial charge is 0.242 e. The number of hydrogen-bond acceptors (Lipinski definition) is 2. The predicted octanol–water partition coefficient (Wildman–Crippen LogP) is 5.04. The van der Waals surface area contributed by atoms with Gasteiger partial charge in [-0.2, -0.15) is 0 Å². The number of benzene rings is 2. The fourth-order valence-electron chi connectivity index (χ4n) is 3.09. The van der Waals surface area contributed by atoms with Gasteiger partial charge in [0.1, 0.15) is 6.04 Å². The lowest BCUT2D eigenvalue weighted by Crippen LogP contribution is -2.47. The molecule has 4 nitrogen and oxygen atoms in total. The van der Waals surface area contributed by atoms with E-state index >= 15 is 0 Å². The summed E-state index contributed by atoms with van der Waals surface area (Å²) in [5, 5.41) is 3.74. The maximum atomic E-state index is 13.1. The van der Waals surface area contributed by atoms with Crippen molar-refractivity contribution >= 4 is 35.0 Å². The molecule has 0 saturated carbocycles. The molecule has 0 heterocycles. The second-order valence-electron chi connectivity index (χ2n) is 6.96. The van der Waals surface area contributed by atoms with E-state index in [0.717, 1.165) is 12.0 Å². The van der Waals surface area contributed by atoms with E-state index in [0.29, 0.717) is 35.0 Å². The van der Waals surface area contributed by atoms with E-state index in [1.807, 2.05) is 6.92 Å². The molecule has 29 heavy (non-hydrogen) atoms. The van der Waals surface area contributed by atoms with E-state index in [1.165, 1.54) is 5.56 Å². The van der Waals surface area contributed by atoms with Crippen LogP contribution in [0, 0.1) is 0 Å². The Balaban J connectivity index is 2.18. The molecule has 0 aliphatic rings. The maximum absolute atomic E-state index is 13.1. The van der Waals surface area contributed by atoms with Gasteiger partial charge in [-0.1, -0.05) is 60.5 Å². The van der Waals surface area contributed by atoms with Crippen molar-refractivity contribution in [2.75, 3.05) is 6.54 Å². The van der Waals surface area contributed by atoms with Gasteiger partial charge in [-0.15, -0.1) is 0 Å². The summed E-state index contributed by atoms with van der Waals surface area (Å²) in [6.45, 7) is 6.37. The third kappa shape index (κ3) is 6.48. The highest BCUT2D eigenvalue weighted by molar-refractivity contribution is 6.36. The number of nitrogens with zero attached hydrogens (tertiary/aromatic N) is 1. The molecule has 2 rings (SSSR count). The van der Waals surface area contributed by atoms with Gasteiger partial charge in [-0.3, -0.25) is 9.59 Å². The van der Waals surface area contributed by atoms with Gasteiger partial charge in [-0.25, -0.2) is 0 Å². The Labute approximate surface area is 183 Å². The van der Waals surface area contributed by atoms with Crippen LogP contribution in [0.4, 0.5) is 0 Å². The number of carbonyl (C=O) groups excluding carboxylic acids is 2. The summed E-state index contributed by atoms with van der Waals surface area (Å²) in [4.78, 5) is 27.1. The van der Waals surface area contributed by atoms with Gasteiger partial charge in [0.2, 0.25) is 11.8 Å². The van der Waals surface area contributed by atoms with E-state index in [1.54, 1.807) is 30.0 Å². The molecular weight excluding hydrogens is 407 g/mol. The van der Waals surface area contributed by atoms with Crippen molar-refractivity contribution < 1.29 is 9.59 Å². The Morgan fingerprint density at radius 1 is 1.00 bits per heavy atom. The van der Waals surface area contributed by atoms with E-state index < -0.39 is 6.04 Å². The van der Waals surface area contributed by atoms with Crippen molar-refractivity contribution in [3.63, 3.8) is 0 Å². The fraction of sp³-hybridized carbons (Fsp3) is 0.391. The van der Waals surface area contributed by atoms with E-state index in [2.05, 4.69) is 36.5 Å². The number of halogens is 2.